The number of nitrogens with two attached hydrogens (primary N) is 1. The highest BCUT2D eigenvalue weighted by Crippen LogP contribution is 2.32. The predicted molar refractivity (Wildman–Crippen MR) is 88.9 cm³/mol. The topological polar surface area (TPSA) is 58.4 Å². The molecule has 1 fully saturated rings. The smallest absolute Gasteiger partial charge is 0.238 e. The highest BCUT2D eigenvalue weighted by atomic mass is 35.5. The minimum absolute atomic E-state index is 0.104. The van der Waals surface area contributed by atoms with E-state index in [1.165, 1.54) is 0 Å². The minimum Gasteiger partial charge on any atom is -0.397 e. The van der Waals surface area contributed by atoms with Crippen molar-refractivity contribution in [2.75, 3.05) is 24.1 Å². The highest BCUT2D eigenvalue weighted by Gasteiger charge is 2.24. The Kier molecular flexibility index (Phi) is 5.36. The van der Waals surface area contributed by atoms with Gasteiger partial charge in [-0.05, 0) is 44.4 Å². The summed E-state index contributed by atoms with van der Waals surface area (Å²) >= 11 is 11.9. The van der Waals surface area contributed by atoms with E-state index in [2.05, 4.69) is 24.1 Å². The van der Waals surface area contributed by atoms with Crippen molar-refractivity contribution < 1.29 is 4.79 Å². The number of benzene rings is 1. The van der Waals surface area contributed by atoms with Crippen LogP contribution in [0.3, 0.4) is 0 Å². The molecule has 0 aliphatic carbocycles. The molecule has 1 aromatic rings. The fourth-order valence-corrected chi connectivity index (χ4v) is 3.34. The van der Waals surface area contributed by atoms with Crippen molar-refractivity contribution in [2.45, 2.75) is 32.7 Å². The molecule has 1 aliphatic heterocycles. The zero-order valence-electron chi connectivity index (χ0n) is 12.3. The standard InChI is InChI=1S/C15H21Cl2N3O/c1-9-3-4-20(10(2)5-9)8-14(21)19-15-12(17)6-11(16)7-13(15)18/h6-7,9-10H,3-5,8,18H2,1-2H3,(H,19,21). The monoisotopic (exact) mass is 329 g/mol. The van der Waals surface area contributed by atoms with Crippen molar-refractivity contribution in [3.8, 4) is 0 Å². The number of piperidine rings is 1. The van der Waals surface area contributed by atoms with E-state index < -0.39 is 0 Å². The molecular weight excluding hydrogens is 309 g/mol. The average Bonchev–Trinajstić information content (AvgIpc) is 2.37. The maximum Gasteiger partial charge on any atom is 0.238 e. The molecule has 4 nitrogen and oxygen atoms in total. The molecule has 2 unspecified atom stereocenters. The summed E-state index contributed by atoms with van der Waals surface area (Å²) in [5, 5.41) is 3.60. The van der Waals surface area contributed by atoms with Gasteiger partial charge in [-0.25, -0.2) is 0 Å². The second-order valence-electron chi connectivity index (χ2n) is 5.85. The predicted octanol–water partition coefficient (Wildman–Crippen LogP) is 3.63. The normalized spacial score (nSPS) is 23.0. The Morgan fingerprint density at radius 3 is 2.76 bits per heavy atom. The summed E-state index contributed by atoms with van der Waals surface area (Å²) in [6, 6.07) is 3.56. The first kappa shape index (κ1) is 16.4. The van der Waals surface area contributed by atoms with Gasteiger partial charge < -0.3 is 11.1 Å². The molecule has 1 aromatic carbocycles. The van der Waals surface area contributed by atoms with Crippen molar-refractivity contribution >= 4 is 40.5 Å². The largest absolute Gasteiger partial charge is 0.397 e. The molecule has 1 saturated heterocycles. The lowest BCUT2D eigenvalue weighted by Gasteiger charge is -2.35. The van der Waals surface area contributed by atoms with Gasteiger partial charge in [0.1, 0.15) is 0 Å². The van der Waals surface area contributed by atoms with Crippen LogP contribution in [0.4, 0.5) is 11.4 Å². The van der Waals surface area contributed by atoms with E-state index >= 15 is 0 Å². The Hall–Kier alpha value is -0.970. The first-order chi connectivity index (χ1) is 9.86. The molecule has 0 aromatic heterocycles. The van der Waals surface area contributed by atoms with Gasteiger partial charge >= 0.3 is 0 Å². The van der Waals surface area contributed by atoms with Crippen LogP contribution in [0.1, 0.15) is 26.7 Å². The third-order valence-electron chi connectivity index (χ3n) is 3.97. The molecule has 2 atom stereocenters. The molecule has 1 heterocycles. The van der Waals surface area contributed by atoms with Gasteiger partial charge in [0.2, 0.25) is 5.91 Å². The van der Waals surface area contributed by atoms with Gasteiger partial charge in [0.15, 0.2) is 0 Å². The molecule has 2 rings (SSSR count). The van der Waals surface area contributed by atoms with E-state index in [4.69, 9.17) is 28.9 Å². The van der Waals surface area contributed by atoms with Crippen LogP contribution < -0.4 is 11.1 Å². The number of anilines is 2. The number of carbonyl (C=O) groups is 1. The van der Waals surface area contributed by atoms with Crippen molar-refractivity contribution in [1.82, 2.24) is 4.90 Å². The van der Waals surface area contributed by atoms with Crippen molar-refractivity contribution in [1.29, 1.82) is 0 Å². The molecule has 0 bridgehead atoms. The Morgan fingerprint density at radius 1 is 1.43 bits per heavy atom. The second-order valence-corrected chi connectivity index (χ2v) is 6.69. The summed E-state index contributed by atoms with van der Waals surface area (Å²) in [4.78, 5) is 14.4. The summed E-state index contributed by atoms with van der Waals surface area (Å²) in [7, 11) is 0. The number of hydrogen-bond acceptors (Lipinski definition) is 3. The van der Waals surface area contributed by atoms with Gasteiger partial charge in [-0.15, -0.1) is 0 Å². The van der Waals surface area contributed by atoms with E-state index in [1.54, 1.807) is 12.1 Å². The quantitative estimate of drug-likeness (QED) is 0.832. The lowest BCUT2D eigenvalue weighted by Crippen LogP contribution is -2.44. The zero-order chi connectivity index (χ0) is 15.6. The van der Waals surface area contributed by atoms with Crippen LogP contribution in [0.15, 0.2) is 12.1 Å². The van der Waals surface area contributed by atoms with Gasteiger partial charge in [0.25, 0.3) is 0 Å². The molecule has 1 amide bonds. The molecule has 21 heavy (non-hydrogen) atoms. The van der Waals surface area contributed by atoms with Crippen LogP contribution in [0.2, 0.25) is 10.0 Å². The summed E-state index contributed by atoms with van der Waals surface area (Å²) in [6.45, 7) is 5.71. The molecule has 6 heteroatoms. The number of nitrogens with one attached hydrogen (secondary N) is 1. The van der Waals surface area contributed by atoms with Crippen LogP contribution in [0, 0.1) is 5.92 Å². The maximum absolute atomic E-state index is 12.2. The SMILES string of the molecule is CC1CCN(CC(=O)Nc2c(N)cc(Cl)cc2Cl)C(C)C1. The molecular formula is C15H21Cl2N3O. The number of nitrogen functional groups attached to an aromatic ring is 1. The third-order valence-corrected chi connectivity index (χ3v) is 4.49. The third kappa shape index (κ3) is 4.25. The van der Waals surface area contributed by atoms with Gasteiger partial charge in [-0.3, -0.25) is 9.69 Å². The van der Waals surface area contributed by atoms with Crippen LogP contribution in [-0.4, -0.2) is 29.9 Å². The lowest BCUT2D eigenvalue weighted by molar-refractivity contribution is -0.118. The molecule has 3 N–H and O–H groups in total. The second kappa shape index (κ2) is 6.86. The van der Waals surface area contributed by atoms with Crippen LogP contribution in [-0.2, 0) is 4.79 Å². The Bertz CT molecular complexity index is 513. The fraction of sp³-hybridized carbons (Fsp3) is 0.533. The molecule has 0 radical (unpaired) electrons. The molecule has 0 spiro atoms. The summed E-state index contributed by atoms with van der Waals surface area (Å²) in [5.74, 6) is 0.619. The number of carbonyl (C=O) groups excluding carboxylic acids is 1. The summed E-state index contributed by atoms with van der Waals surface area (Å²) in [6.07, 6.45) is 2.25. The van der Waals surface area contributed by atoms with Crippen molar-refractivity contribution in [2.24, 2.45) is 5.92 Å². The van der Waals surface area contributed by atoms with Gasteiger partial charge in [0, 0.05) is 11.1 Å². The summed E-state index contributed by atoms with van der Waals surface area (Å²) < 4.78 is 0. The first-order valence-corrected chi connectivity index (χ1v) is 7.91. The molecule has 116 valence electrons. The Labute approximate surface area is 135 Å². The fourth-order valence-electron chi connectivity index (χ4n) is 2.78. The highest BCUT2D eigenvalue weighted by molar-refractivity contribution is 6.37. The van der Waals surface area contributed by atoms with Gasteiger partial charge in [-0.1, -0.05) is 30.1 Å². The Balaban J connectivity index is 1.99. The zero-order valence-corrected chi connectivity index (χ0v) is 13.8. The van der Waals surface area contributed by atoms with E-state index in [9.17, 15) is 4.79 Å². The van der Waals surface area contributed by atoms with E-state index in [1.807, 2.05) is 0 Å². The number of likely N-dealkylation sites (tertiary alicyclic amines) is 1. The van der Waals surface area contributed by atoms with Gasteiger partial charge in [0.05, 0.1) is 22.9 Å². The number of halogens is 2. The van der Waals surface area contributed by atoms with Crippen LogP contribution in [0.25, 0.3) is 0 Å². The van der Waals surface area contributed by atoms with E-state index in [-0.39, 0.29) is 5.91 Å². The van der Waals surface area contributed by atoms with Gasteiger partial charge in [-0.2, -0.15) is 0 Å². The number of rotatable bonds is 3. The van der Waals surface area contributed by atoms with Crippen molar-refractivity contribution in [3.63, 3.8) is 0 Å². The van der Waals surface area contributed by atoms with Crippen molar-refractivity contribution in [3.05, 3.63) is 22.2 Å². The van der Waals surface area contributed by atoms with E-state index in [0.717, 1.165) is 25.3 Å². The Morgan fingerprint density at radius 2 is 2.14 bits per heavy atom. The number of nitrogens with zero attached hydrogens (tertiary/aromatic N) is 1. The average molecular weight is 330 g/mol. The molecule has 1 aliphatic rings. The van der Waals surface area contributed by atoms with Crippen LogP contribution in [0.5, 0.6) is 0 Å². The number of hydrogen-bond donors (Lipinski definition) is 2. The first-order valence-electron chi connectivity index (χ1n) is 7.15. The number of amides is 1. The summed E-state index contributed by atoms with van der Waals surface area (Å²) in [5.41, 5.74) is 6.66. The minimum atomic E-state index is -0.104. The van der Waals surface area contributed by atoms with E-state index in [0.29, 0.717) is 34.0 Å². The lowest BCUT2D eigenvalue weighted by atomic mass is 9.93. The molecule has 0 saturated carbocycles. The van der Waals surface area contributed by atoms with Crippen LogP contribution >= 0.6 is 23.2 Å². The maximum atomic E-state index is 12.2.